The second-order valence-corrected chi connectivity index (χ2v) is 10.1. The number of carbonyl (C=O) groups excluding carboxylic acids is 2. The Labute approximate surface area is 231 Å². The number of benzene rings is 3. The van der Waals surface area contributed by atoms with Crippen LogP contribution >= 0.6 is 0 Å². The number of fused-ring (bicyclic) bond motifs is 1. The highest BCUT2D eigenvalue weighted by atomic mass is 19.1. The van der Waals surface area contributed by atoms with E-state index in [1.165, 1.54) is 6.07 Å². The minimum absolute atomic E-state index is 0.132. The Balaban J connectivity index is 1.36. The van der Waals surface area contributed by atoms with Gasteiger partial charge in [0.25, 0.3) is 11.8 Å². The summed E-state index contributed by atoms with van der Waals surface area (Å²) in [6.45, 7) is 4.29. The average molecular weight is 543 g/mol. The van der Waals surface area contributed by atoms with E-state index in [1.807, 2.05) is 30.3 Å². The highest BCUT2D eigenvalue weighted by Crippen LogP contribution is 2.39. The van der Waals surface area contributed by atoms with Crippen molar-refractivity contribution in [3.05, 3.63) is 94.5 Å². The lowest BCUT2D eigenvalue weighted by molar-refractivity contribution is -0.110. The van der Waals surface area contributed by atoms with Crippen molar-refractivity contribution >= 4 is 40.4 Å². The van der Waals surface area contributed by atoms with Crippen molar-refractivity contribution in [2.75, 3.05) is 36.8 Å². The maximum Gasteiger partial charge on any atom is 0.336 e. The van der Waals surface area contributed by atoms with Gasteiger partial charge in [-0.25, -0.2) is 9.18 Å². The molecule has 40 heavy (non-hydrogen) atoms. The zero-order valence-corrected chi connectivity index (χ0v) is 22.2. The summed E-state index contributed by atoms with van der Waals surface area (Å²) in [5.74, 6) is -1.59. The molecule has 3 aromatic carbocycles. The van der Waals surface area contributed by atoms with Crippen molar-refractivity contribution in [1.29, 1.82) is 0 Å². The molecule has 2 amide bonds. The molecule has 0 aromatic heterocycles. The van der Waals surface area contributed by atoms with Gasteiger partial charge < -0.3 is 26.0 Å². The smallest absolute Gasteiger partial charge is 0.336 e. The molecule has 0 radical (unpaired) electrons. The Hall–Kier alpha value is -4.50. The standard InChI is InChI=1S/C31H31FN4O4/c1-19-17-25-26(18-24(19)31(39)40)35-30(38)27(25)28(20-5-3-2-4-6-20)34-23-9-7-21(8-10-23)29(37)33-13-16-36-14-11-22(32)12-15-36/h2-10,17-18,22,34H,11-16H2,1H3,(H,33,37)(H,35,38)(H,39,40). The molecule has 2 heterocycles. The lowest BCUT2D eigenvalue weighted by Crippen LogP contribution is -2.40. The lowest BCUT2D eigenvalue weighted by atomic mass is 9.96. The van der Waals surface area contributed by atoms with Gasteiger partial charge in [0.05, 0.1) is 22.5 Å². The third-order valence-electron chi connectivity index (χ3n) is 7.30. The first-order chi connectivity index (χ1) is 19.3. The van der Waals surface area contributed by atoms with E-state index < -0.39 is 12.1 Å². The molecule has 0 aliphatic carbocycles. The van der Waals surface area contributed by atoms with Gasteiger partial charge in [-0.3, -0.25) is 9.59 Å². The second-order valence-electron chi connectivity index (χ2n) is 10.1. The molecule has 0 atom stereocenters. The molecule has 2 aliphatic rings. The maximum atomic E-state index is 13.3. The third-order valence-corrected chi connectivity index (χ3v) is 7.30. The topological polar surface area (TPSA) is 111 Å². The Bertz CT molecular complexity index is 1460. The van der Waals surface area contributed by atoms with E-state index in [1.54, 1.807) is 37.3 Å². The zero-order valence-electron chi connectivity index (χ0n) is 22.2. The molecule has 0 saturated carbocycles. The zero-order chi connectivity index (χ0) is 28.2. The third kappa shape index (κ3) is 5.89. The summed E-state index contributed by atoms with van der Waals surface area (Å²) in [4.78, 5) is 39.6. The molecule has 0 unspecified atom stereocenters. The van der Waals surface area contributed by atoms with Crippen molar-refractivity contribution in [3.8, 4) is 0 Å². The van der Waals surface area contributed by atoms with Crippen LogP contribution in [0.25, 0.3) is 11.3 Å². The van der Waals surface area contributed by atoms with Crippen molar-refractivity contribution in [2.24, 2.45) is 0 Å². The van der Waals surface area contributed by atoms with E-state index in [4.69, 9.17) is 0 Å². The fourth-order valence-corrected chi connectivity index (χ4v) is 5.09. The molecule has 3 aromatic rings. The average Bonchev–Trinajstić information content (AvgIpc) is 3.27. The van der Waals surface area contributed by atoms with Crippen LogP contribution in [-0.4, -0.2) is 60.1 Å². The van der Waals surface area contributed by atoms with Gasteiger partial charge in [-0.2, -0.15) is 0 Å². The summed E-state index contributed by atoms with van der Waals surface area (Å²) >= 11 is 0. The lowest BCUT2D eigenvalue weighted by Gasteiger charge is -2.28. The summed E-state index contributed by atoms with van der Waals surface area (Å²) in [6, 6.07) is 19.6. The van der Waals surface area contributed by atoms with Crippen LogP contribution in [-0.2, 0) is 4.79 Å². The summed E-state index contributed by atoms with van der Waals surface area (Å²) < 4.78 is 13.3. The molecule has 8 nitrogen and oxygen atoms in total. The van der Waals surface area contributed by atoms with Gasteiger partial charge in [-0.15, -0.1) is 0 Å². The van der Waals surface area contributed by atoms with Crippen LogP contribution in [0.3, 0.4) is 0 Å². The van der Waals surface area contributed by atoms with E-state index in [2.05, 4.69) is 20.9 Å². The number of halogens is 1. The van der Waals surface area contributed by atoms with Gasteiger partial charge >= 0.3 is 5.97 Å². The Morgan fingerprint density at radius 3 is 2.40 bits per heavy atom. The number of rotatable bonds is 8. The van der Waals surface area contributed by atoms with E-state index in [-0.39, 0.29) is 17.4 Å². The number of carbonyl (C=O) groups is 3. The van der Waals surface area contributed by atoms with E-state index >= 15 is 0 Å². The molecular weight excluding hydrogens is 511 g/mol. The van der Waals surface area contributed by atoms with Crippen molar-refractivity contribution in [1.82, 2.24) is 10.2 Å². The van der Waals surface area contributed by atoms with Crippen LogP contribution in [0.2, 0.25) is 0 Å². The number of hydrogen-bond acceptors (Lipinski definition) is 5. The molecule has 1 saturated heterocycles. The number of nitrogens with zero attached hydrogens (tertiary/aromatic N) is 1. The largest absolute Gasteiger partial charge is 0.478 e. The van der Waals surface area contributed by atoms with E-state index in [9.17, 15) is 23.9 Å². The SMILES string of the molecule is Cc1cc2c(cc1C(=O)O)NC(=O)C2=C(Nc1ccc(C(=O)NCCN2CCC(F)CC2)cc1)c1ccccc1. The molecule has 2 aliphatic heterocycles. The fraction of sp³-hybridized carbons (Fsp3) is 0.258. The van der Waals surface area contributed by atoms with Crippen LogP contribution in [0.5, 0.6) is 0 Å². The number of anilines is 2. The van der Waals surface area contributed by atoms with Crippen LogP contribution in [0, 0.1) is 6.92 Å². The first kappa shape index (κ1) is 27.1. The van der Waals surface area contributed by atoms with Crippen molar-refractivity contribution < 1.29 is 23.9 Å². The van der Waals surface area contributed by atoms with Crippen molar-refractivity contribution in [3.63, 3.8) is 0 Å². The number of carboxylic acids is 1. The highest BCUT2D eigenvalue weighted by molar-refractivity contribution is 6.37. The first-order valence-electron chi connectivity index (χ1n) is 13.3. The number of hydrogen-bond donors (Lipinski definition) is 4. The minimum atomic E-state index is -1.06. The number of carboxylic acid groups (broad SMARTS) is 1. The Kier molecular flexibility index (Phi) is 7.93. The number of aromatic carboxylic acids is 1. The monoisotopic (exact) mass is 542 g/mol. The Morgan fingerprint density at radius 2 is 1.73 bits per heavy atom. The number of piperidine rings is 1. The molecule has 0 bridgehead atoms. The molecule has 1 fully saturated rings. The van der Waals surface area contributed by atoms with Crippen LogP contribution < -0.4 is 16.0 Å². The molecule has 4 N–H and O–H groups in total. The summed E-state index contributed by atoms with van der Waals surface area (Å²) in [7, 11) is 0. The van der Waals surface area contributed by atoms with Gasteiger partial charge in [-0.1, -0.05) is 30.3 Å². The number of alkyl halides is 1. The Morgan fingerprint density at radius 1 is 1.02 bits per heavy atom. The van der Waals surface area contributed by atoms with Crippen LogP contribution in [0.15, 0.2) is 66.7 Å². The second kappa shape index (κ2) is 11.7. The van der Waals surface area contributed by atoms with E-state index in [0.29, 0.717) is 78.4 Å². The predicted molar refractivity (Wildman–Crippen MR) is 153 cm³/mol. The number of nitrogens with one attached hydrogen (secondary N) is 3. The maximum absolute atomic E-state index is 13.3. The normalized spacial score (nSPS) is 16.7. The van der Waals surface area contributed by atoms with Gasteiger partial charge in [0.1, 0.15) is 6.17 Å². The first-order valence-corrected chi connectivity index (χ1v) is 13.3. The predicted octanol–water partition coefficient (Wildman–Crippen LogP) is 4.79. The van der Waals surface area contributed by atoms with Crippen LogP contribution in [0.4, 0.5) is 15.8 Å². The van der Waals surface area contributed by atoms with Gasteiger partial charge in [-0.05, 0) is 67.3 Å². The fourth-order valence-electron chi connectivity index (χ4n) is 5.09. The van der Waals surface area contributed by atoms with Gasteiger partial charge in [0.2, 0.25) is 0 Å². The molecule has 5 rings (SSSR count). The minimum Gasteiger partial charge on any atom is -0.478 e. The molecule has 206 valence electrons. The van der Waals surface area contributed by atoms with Gasteiger partial charge in [0.15, 0.2) is 0 Å². The number of likely N-dealkylation sites (tertiary alicyclic amines) is 1. The van der Waals surface area contributed by atoms with Gasteiger partial charge in [0, 0.05) is 43.0 Å². The summed E-state index contributed by atoms with van der Waals surface area (Å²) in [6.07, 6.45) is 0.363. The molecule has 0 spiro atoms. The molecule has 9 heteroatoms. The quantitative estimate of drug-likeness (QED) is 0.305. The van der Waals surface area contributed by atoms with Crippen LogP contribution in [0.1, 0.15) is 50.2 Å². The van der Waals surface area contributed by atoms with Crippen molar-refractivity contribution in [2.45, 2.75) is 25.9 Å². The summed E-state index contributed by atoms with van der Waals surface area (Å²) in [5.41, 5.74) is 4.67. The number of aryl methyl sites for hydroxylation is 1. The highest BCUT2D eigenvalue weighted by Gasteiger charge is 2.30. The number of amides is 2. The summed E-state index contributed by atoms with van der Waals surface area (Å²) in [5, 5.41) is 18.6. The molecular formula is C31H31FN4O4. The van der Waals surface area contributed by atoms with E-state index in [0.717, 1.165) is 5.56 Å².